The number of para-hydroxylation sites is 1. The number of fused-ring (bicyclic) bond motifs is 2. The van der Waals surface area contributed by atoms with Gasteiger partial charge in [0.05, 0.1) is 17.6 Å². The molecule has 0 fully saturated rings. The van der Waals surface area contributed by atoms with Crippen LogP contribution in [0.2, 0.25) is 0 Å². The number of hydrogen-bond acceptors (Lipinski definition) is 5. The topological polar surface area (TPSA) is 80.6 Å². The van der Waals surface area contributed by atoms with E-state index in [4.69, 9.17) is 15.7 Å². The highest BCUT2D eigenvalue weighted by Gasteiger charge is 2.33. The summed E-state index contributed by atoms with van der Waals surface area (Å²) < 4.78 is 1.74. The van der Waals surface area contributed by atoms with Crippen LogP contribution < -0.4 is 11.1 Å². The summed E-state index contributed by atoms with van der Waals surface area (Å²) in [6.07, 6.45) is 7.93. The molecule has 3 N–H and O–H groups in total. The van der Waals surface area contributed by atoms with Gasteiger partial charge in [-0.25, -0.2) is 4.98 Å². The Kier molecular flexibility index (Phi) is 3.62. The van der Waals surface area contributed by atoms with Crippen LogP contribution in [0, 0.1) is 0 Å². The molecule has 0 radical (unpaired) electrons. The van der Waals surface area contributed by atoms with Gasteiger partial charge in [-0.3, -0.25) is 4.99 Å². The second-order valence-electron chi connectivity index (χ2n) is 7.52. The zero-order valence-electron chi connectivity index (χ0n) is 15.3. The van der Waals surface area contributed by atoms with Crippen molar-refractivity contribution < 1.29 is 0 Å². The average molecular weight is 358 g/mol. The summed E-state index contributed by atoms with van der Waals surface area (Å²) in [7, 11) is 0. The van der Waals surface area contributed by atoms with Gasteiger partial charge in [-0.05, 0) is 43.5 Å². The van der Waals surface area contributed by atoms with Crippen LogP contribution in [0.3, 0.4) is 0 Å². The summed E-state index contributed by atoms with van der Waals surface area (Å²) in [5, 5.41) is 7.86. The van der Waals surface area contributed by atoms with Crippen LogP contribution in [0.25, 0.3) is 11.2 Å². The van der Waals surface area contributed by atoms with Crippen molar-refractivity contribution in [3.63, 3.8) is 0 Å². The van der Waals surface area contributed by atoms with Crippen molar-refractivity contribution in [2.75, 3.05) is 18.8 Å². The maximum absolute atomic E-state index is 6.31. The van der Waals surface area contributed by atoms with Crippen LogP contribution in [0.1, 0.15) is 30.2 Å². The highest BCUT2D eigenvalue weighted by Crippen LogP contribution is 2.37. The zero-order chi connectivity index (χ0) is 18.4. The molecule has 0 aliphatic carbocycles. The molecule has 2 aliphatic heterocycles. The van der Waals surface area contributed by atoms with Crippen molar-refractivity contribution >= 4 is 28.9 Å². The molecule has 0 saturated heterocycles. The van der Waals surface area contributed by atoms with Crippen LogP contribution in [0.5, 0.6) is 0 Å². The van der Waals surface area contributed by atoms with Gasteiger partial charge in [-0.2, -0.15) is 9.61 Å². The number of aromatic nitrogens is 3. The quantitative estimate of drug-likeness (QED) is 0.738. The van der Waals surface area contributed by atoms with Crippen molar-refractivity contribution in [1.29, 1.82) is 0 Å². The third-order valence-corrected chi connectivity index (χ3v) is 5.55. The predicted molar refractivity (Wildman–Crippen MR) is 109 cm³/mol. The molecule has 6 heteroatoms. The molecule has 6 nitrogen and oxygen atoms in total. The second kappa shape index (κ2) is 6.03. The van der Waals surface area contributed by atoms with E-state index in [1.54, 1.807) is 4.52 Å². The molecule has 136 valence electrons. The van der Waals surface area contributed by atoms with E-state index in [-0.39, 0.29) is 5.41 Å². The van der Waals surface area contributed by atoms with Crippen LogP contribution in [0.4, 0.5) is 11.5 Å². The molecule has 3 aromatic rings. The van der Waals surface area contributed by atoms with Gasteiger partial charge in [0.15, 0.2) is 5.65 Å². The van der Waals surface area contributed by atoms with Gasteiger partial charge < -0.3 is 11.1 Å². The number of aliphatic imine (C=N–C) groups is 1. The van der Waals surface area contributed by atoms with Crippen molar-refractivity contribution in [2.24, 2.45) is 4.99 Å². The fourth-order valence-electron chi connectivity index (χ4n) is 4.01. The van der Waals surface area contributed by atoms with Crippen LogP contribution in [-0.2, 0) is 11.8 Å². The highest BCUT2D eigenvalue weighted by molar-refractivity contribution is 5.83. The number of hydrogen-bond donors (Lipinski definition) is 2. The van der Waals surface area contributed by atoms with E-state index in [1.807, 2.05) is 24.5 Å². The average Bonchev–Trinajstić information content (AvgIpc) is 3.14. The summed E-state index contributed by atoms with van der Waals surface area (Å²) in [4.78, 5) is 9.66. The minimum Gasteiger partial charge on any atom is -0.384 e. The molecule has 4 heterocycles. The van der Waals surface area contributed by atoms with Crippen LogP contribution in [0.15, 0.2) is 47.6 Å². The second-order valence-corrected chi connectivity index (χ2v) is 7.52. The van der Waals surface area contributed by atoms with E-state index in [1.165, 1.54) is 11.1 Å². The first-order chi connectivity index (χ1) is 13.1. The Balaban J connectivity index is 1.64. The van der Waals surface area contributed by atoms with Gasteiger partial charge in [0.1, 0.15) is 5.82 Å². The third-order valence-electron chi connectivity index (χ3n) is 5.55. The van der Waals surface area contributed by atoms with E-state index < -0.39 is 0 Å². The van der Waals surface area contributed by atoms with E-state index in [9.17, 15) is 0 Å². The Labute approximate surface area is 157 Å². The summed E-state index contributed by atoms with van der Waals surface area (Å²) in [5.41, 5.74) is 12.4. The highest BCUT2D eigenvalue weighted by atomic mass is 15.3. The molecule has 2 aromatic heterocycles. The first-order valence-electron chi connectivity index (χ1n) is 9.32. The molecule has 1 unspecified atom stereocenters. The van der Waals surface area contributed by atoms with E-state index >= 15 is 0 Å². The summed E-state index contributed by atoms with van der Waals surface area (Å²) in [5.74, 6) is 0.609. The maximum Gasteiger partial charge on any atom is 0.162 e. The van der Waals surface area contributed by atoms with Gasteiger partial charge in [-0.1, -0.05) is 24.3 Å². The van der Waals surface area contributed by atoms with Gasteiger partial charge in [0, 0.05) is 29.8 Å². The van der Waals surface area contributed by atoms with Gasteiger partial charge >= 0.3 is 0 Å². The zero-order valence-corrected chi connectivity index (χ0v) is 15.3. The minimum atomic E-state index is -0.267. The Morgan fingerprint density at radius 3 is 3.00 bits per heavy atom. The smallest absolute Gasteiger partial charge is 0.162 e. The van der Waals surface area contributed by atoms with Crippen molar-refractivity contribution in [1.82, 2.24) is 19.9 Å². The summed E-state index contributed by atoms with van der Waals surface area (Å²) >= 11 is 0. The first kappa shape index (κ1) is 16.2. The number of nitrogen functional groups attached to an aromatic ring is 1. The molecular formula is C21H22N6. The van der Waals surface area contributed by atoms with Crippen LogP contribution in [-0.4, -0.2) is 33.9 Å². The fourth-order valence-corrected chi connectivity index (χ4v) is 4.01. The lowest BCUT2D eigenvalue weighted by atomic mass is 9.77. The van der Waals surface area contributed by atoms with E-state index in [0.29, 0.717) is 5.82 Å². The molecule has 0 amide bonds. The largest absolute Gasteiger partial charge is 0.384 e. The summed E-state index contributed by atoms with van der Waals surface area (Å²) in [6, 6.07) is 10.2. The van der Waals surface area contributed by atoms with Crippen molar-refractivity contribution in [3.05, 3.63) is 59.4 Å². The van der Waals surface area contributed by atoms with Crippen molar-refractivity contribution in [3.8, 4) is 0 Å². The lowest BCUT2D eigenvalue weighted by Gasteiger charge is -2.28. The number of nitrogens with zero attached hydrogens (tertiary/aromatic N) is 4. The molecule has 0 saturated carbocycles. The molecule has 5 rings (SSSR count). The molecular weight excluding hydrogens is 336 g/mol. The summed E-state index contributed by atoms with van der Waals surface area (Å²) in [6.45, 7) is 4.03. The first-order valence-corrected chi connectivity index (χ1v) is 9.32. The van der Waals surface area contributed by atoms with E-state index in [2.05, 4.69) is 41.6 Å². The Hall–Kier alpha value is -2.99. The third kappa shape index (κ3) is 2.64. The maximum atomic E-state index is 6.31. The molecule has 27 heavy (non-hydrogen) atoms. The normalized spacial score (nSPS) is 21.9. The van der Waals surface area contributed by atoms with Crippen LogP contribution >= 0.6 is 0 Å². The molecule has 0 spiro atoms. The number of nitrogens with one attached hydrogen (secondary N) is 1. The van der Waals surface area contributed by atoms with Gasteiger partial charge in [0.25, 0.3) is 0 Å². The van der Waals surface area contributed by atoms with E-state index in [0.717, 1.165) is 48.5 Å². The molecule has 0 bridgehead atoms. The number of nitrogens with two attached hydrogens (primary N) is 1. The van der Waals surface area contributed by atoms with Gasteiger partial charge in [0.2, 0.25) is 0 Å². The standard InChI is InChI=1S/C21H22N6/c1-21(11-15-4-2-3-5-17(15)24-13-21)16-12-25-27-19(22)10-18(26-20(16)27)14-6-8-23-9-7-14/h2-6,10,12-13,23H,7-9,11,22H2,1H3. The minimum absolute atomic E-state index is 0.267. The Morgan fingerprint density at radius 2 is 2.15 bits per heavy atom. The number of rotatable bonds is 2. The Bertz CT molecular complexity index is 1090. The predicted octanol–water partition coefficient (Wildman–Crippen LogP) is 2.90. The number of anilines is 1. The monoisotopic (exact) mass is 358 g/mol. The SMILES string of the molecule is CC1(c2cnn3c(N)cc(C4=CCNCC4)nc23)C=Nc2ccccc2C1. The number of benzene rings is 1. The van der Waals surface area contributed by atoms with Crippen molar-refractivity contribution in [2.45, 2.75) is 25.2 Å². The van der Waals surface area contributed by atoms with Gasteiger partial charge in [-0.15, -0.1) is 0 Å². The molecule has 1 aromatic carbocycles. The lowest BCUT2D eigenvalue weighted by Crippen LogP contribution is -2.29. The lowest BCUT2D eigenvalue weighted by molar-refractivity contribution is 0.643. The fraction of sp³-hybridized carbons (Fsp3) is 0.286. The molecule has 2 aliphatic rings. The molecule has 1 atom stereocenters. The Morgan fingerprint density at radius 1 is 1.26 bits per heavy atom.